The standard InChI is InChI=1S/C12H16BrNO2S/c1-8(7-16-3)14(2)12(15)10-5-4-9(13)6-11(10)17/h4-6,8,17H,7H2,1-3H3. The van der Waals surface area contributed by atoms with Crippen molar-refractivity contribution in [2.24, 2.45) is 0 Å². The van der Waals surface area contributed by atoms with Gasteiger partial charge < -0.3 is 9.64 Å². The van der Waals surface area contributed by atoms with Crippen molar-refractivity contribution < 1.29 is 9.53 Å². The molecule has 0 spiro atoms. The van der Waals surface area contributed by atoms with Crippen molar-refractivity contribution in [2.75, 3.05) is 20.8 Å². The number of nitrogens with zero attached hydrogens (tertiary/aromatic N) is 1. The van der Waals surface area contributed by atoms with E-state index in [9.17, 15) is 4.79 Å². The highest BCUT2D eigenvalue weighted by molar-refractivity contribution is 9.10. The number of carbonyl (C=O) groups is 1. The lowest BCUT2D eigenvalue weighted by Gasteiger charge is -2.24. The topological polar surface area (TPSA) is 29.5 Å². The van der Waals surface area contributed by atoms with Crippen LogP contribution in [0.25, 0.3) is 0 Å². The maximum atomic E-state index is 12.2. The summed E-state index contributed by atoms with van der Waals surface area (Å²) in [5.74, 6) is -0.0490. The van der Waals surface area contributed by atoms with E-state index in [2.05, 4.69) is 28.6 Å². The molecule has 0 aliphatic carbocycles. The van der Waals surface area contributed by atoms with Crippen LogP contribution in [0, 0.1) is 0 Å². The van der Waals surface area contributed by atoms with E-state index in [-0.39, 0.29) is 11.9 Å². The molecule has 94 valence electrons. The molecule has 0 fully saturated rings. The lowest BCUT2D eigenvalue weighted by Crippen LogP contribution is -2.38. The van der Waals surface area contributed by atoms with Gasteiger partial charge in [-0.3, -0.25) is 4.79 Å². The van der Waals surface area contributed by atoms with Crippen molar-refractivity contribution in [3.8, 4) is 0 Å². The molecule has 1 amide bonds. The molecule has 0 heterocycles. The van der Waals surface area contributed by atoms with Crippen LogP contribution >= 0.6 is 28.6 Å². The van der Waals surface area contributed by atoms with Gasteiger partial charge in [-0.05, 0) is 25.1 Å². The molecule has 0 saturated carbocycles. The minimum Gasteiger partial charge on any atom is -0.383 e. The predicted octanol–water partition coefficient (Wildman–Crippen LogP) is 2.84. The summed E-state index contributed by atoms with van der Waals surface area (Å²) in [7, 11) is 3.39. The molecule has 1 aromatic rings. The second-order valence-electron chi connectivity index (χ2n) is 3.88. The number of hydrogen-bond donors (Lipinski definition) is 1. The lowest BCUT2D eigenvalue weighted by molar-refractivity contribution is 0.0630. The molecule has 0 aliphatic rings. The molecule has 1 aromatic carbocycles. The minimum atomic E-state index is -0.0490. The number of rotatable bonds is 4. The second-order valence-corrected chi connectivity index (χ2v) is 5.28. The Balaban J connectivity index is 2.88. The fourth-order valence-corrected chi connectivity index (χ4v) is 2.28. The fraction of sp³-hybridized carbons (Fsp3) is 0.417. The highest BCUT2D eigenvalue weighted by Crippen LogP contribution is 2.21. The predicted molar refractivity (Wildman–Crippen MR) is 74.8 cm³/mol. The SMILES string of the molecule is COCC(C)N(C)C(=O)c1ccc(Br)cc1S. The van der Waals surface area contributed by atoms with Crippen molar-refractivity contribution >= 4 is 34.5 Å². The van der Waals surface area contributed by atoms with Crippen LogP contribution in [-0.2, 0) is 4.74 Å². The largest absolute Gasteiger partial charge is 0.383 e. The number of methoxy groups -OCH3 is 1. The Bertz CT molecular complexity index is 411. The molecule has 1 unspecified atom stereocenters. The summed E-state index contributed by atoms with van der Waals surface area (Å²) in [6.07, 6.45) is 0. The monoisotopic (exact) mass is 317 g/mol. The summed E-state index contributed by atoms with van der Waals surface area (Å²) in [4.78, 5) is 14.5. The van der Waals surface area contributed by atoms with Gasteiger partial charge in [-0.25, -0.2) is 0 Å². The Morgan fingerprint density at radius 1 is 1.59 bits per heavy atom. The average Bonchev–Trinajstić information content (AvgIpc) is 2.27. The zero-order valence-corrected chi connectivity index (χ0v) is 12.6. The van der Waals surface area contributed by atoms with Gasteiger partial charge in [0.15, 0.2) is 0 Å². The maximum absolute atomic E-state index is 12.2. The summed E-state index contributed by atoms with van der Waals surface area (Å²) in [6.45, 7) is 2.46. The molecule has 0 saturated heterocycles. The number of carbonyl (C=O) groups excluding carboxylic acids is 1. The van der Waals surface area contributed by atoms with E-state index < -0.39 is 0 Å². The van der Waals surface area contributed by atoms with Gasteiger partial charge in [-0.2, -0.15) is 0 Å². The Labute approximate surface area is 116 Å². The quantitative estimate of drug-likeness (QED) is 0.865. The summed E-state index contributed by atoms with van der Waals surface area (Å²) >= 11 is 7.66. The fourth-order valence-electron chi connectivity index (χ4n) is 1.43. The van der Waals surface area contributed by atoms with Gasteiger partial charge in [0.05, 0.1) is 18.2 Å². The number of ether oxygens (including phenoxy) is 1. The van der Waals surface area contributed by atoms with Gasteiger partial charge in [0, 0.05) is 23.5 Å². The van der Waals surface area contributed by atoms with Crippen molar-refractivity contribution in [3.05, 3.63) is 28.2 Å². The van der Waals surface area contributed by atoms with Gasteiger partial charge in [0.1, 0.15) is 0 Å². The Morgan fingerprint density at radius 3 is 2.76 bits per heavy atom. The summed E-state index contributed by atoms with van der Waals surface area (Å²) in [5.41, 5.74) is 0.599. The zero-order chi connectivity index (χ0) is 13.0. The van der Waals surface area contributed by atoms with Gasteiger partial charge in [0.25, 0.3) is 5.91 Å². The third-order valence-electron chi connectivity index (χ3n) is 2.58. The van der Waals surface area contributed by atoms with Crippen LogP contribution in [0.3, 0.4) is 0 Å². The van der Waals surface area contributed by atoms with Crippen LogP contribution in [0.15, 0.2) is 27.6 Å². The number of halogens is 1. The highest BCUT2D eigenvalue weighted by Gasteiger charge is 2.19. The number of thiol groups is 1. The summed E-state index contributed by atoms with van der Waals surface area (Å²) in [6, 6.07) is 5.45. The molecule has 5 heteroatoms. The van der Waals surface area contributed by atoms with Gasteiger partial charge in [-0.15, -0.1) is 12.6 Å². The Kier molecular flexibility index (Phi) is 5.49. The van der Waals surface area contributed by atoms with Crippen LogP contribution in [0.1, 0.15) is 17.3 Å². The summed E-state index contributed by atoms with van der Waals surface area (Å²) in [5, 5.41) is 0. The van der Waals surface area contributed by atoms with E-state index in [1.54, 1.807) is 25.1 Å². The number of hydrogen-bond acceptors (Lipinski definition) is 3. The van der Waals surface area contributed by atoms with Crippen molar-refractivity contribution in [3.63, 3.8) is 0 Å². The molecular formula is C12H16BrNO2S. The van der Waals surface area contributed by atoms with Crippen molar-refractivity contribution in [1.29, 1.82) is 0 Å². The third kappa shape index (κ3) is 3.72. The normalized spacial score (nSPS) is 12.3. The zero-order valence-electron chi connectivity index (χ0n) is 10.1. The van der Waals surface area contributed by atoms with Gasteiger partial charge in [-0.1, -0.05) is 15.9 Å². The van der Waals surface area contributed by atoms with E-state index in [4.69, 9.17) is 4.74 Å². The molecule has 3 nitrogen and oxygen atoms in total. The van der Waals surface area contributed by atoms with Gasteiger partial charge in [0.2, 0.25) is 0 Å². The molecule has 17 heavy (non-hydrogen) atoms. The molecule has 0 N–H and O–H groups in total. The first-order valence-electron chi connectivity index (χ1n) is 5.22. The molecule has 0 radical (unpaired) electrons. The average molecular weight is 318 g/mol. The van der Waals surface area contributed by atoms with Crippen molar-refractivity contribution in [2.45, 2.75) is 17.9 Å². The molecule has 1 atom stereocenters. The maximum Gasteiger partial charge on any atom is 0.255 e. The Morgan fingerprint density at radius 2 is 2.24 bits per heavy atom. The number of likely N-dealkylation sites (N-methyl/N-ethyl adjacent to an activating group) is 1. The van der Waals surface area contributed by atoms with Crippen LogP contribution in [0.5, 0.6) is 0 Å². The van der Waals surface area contributed by atoms with Crippen LogP contribution in [0.4, 0.5) is 0 Å². The van der Waals surface area contributed by atoms with Gasteiger partial charge >= 0.3 is 0 Å². The number of benzene rings is 1. The van der Waals surface area contributed by atoms with Crippen molar-refractivity contribution in [1.82, 2.24) is 4.90 Å². The van der Waals surface area contributed by atoms with Crippen LogP contribution in [-0.4, -0.2) is 37.6 Å². The van der Waals surface area contributed by atoms with Crippen LogP contribution in [0.2, 0.25) is 0 Å². The molecule has 0 aromatic heterocycles. The Hall–Kier alpha value is -0.520. The minimum absolute atomic E-state index is 0.0314. The van der Waals surface area contributed by atoms with E-state index >= 15 is 0 Å². The van der Waals surface area contributed by atoms with E-state index in [0.29, 0.717) is 17.1 Å². The number of amides is 1. The summed E-state index contributed by atoms with van der Waals surface area (Å²) < 4.78 is 5.95. The first-order chi connectivity index (χ1) is 7.97. The smallest absolute Gasteiger partial charge is 0.255 e. The molecule has 0 bridgehead atoms. The molecular weight excluding hydrogens is 302 g/mol. The highest BCUT2D eigenvalue weighted by atomic mass is 79.9. The van der Waals surface area contributed by atoms with E-state index in [0.717, 1.165) is 4.47 Å². The third-order valence-corrected chi connectivity index (χ3v) is 3.44. The molecule has 1 rings (SSSR count). The second kappa shape index (κ2) is 6.42. The van der Waals surface area contributed by atoms with E-state index in [1.165, 1.54) is 0 Å². The lowest BCUT2D eigenvalue weighted by atomic mass is 10.2. The molecule has 0 aliphatic heterocycles. The first kappa shape index (κ1) is 14.5. The van der Waals surface area contributed by atoms with E-state index in [1.807, 2.05) is 19.1 Å². The first-order valence-corrected chi connectivity index (χ1v) is 6.46. The van der Waals surface area contributed by atoms with Crippen LogP contribution < -0.4 is 0 Å².